The first kappa shape index (κ1) is 18.4. The number of rotatable bonds is 5. The molecular formula is C17H13F4NO3. The second kappa shape index (κ2) is 7.78. The average molecular weight is 355 g/mol. The summed E-state index contributed by atoms with van der Waals surface area (Å²) in [5, 5.41) is 2.20. The number of hydrogen-bond donors (Lipinski definition) is 1. The van der Waals surface area contributed by atoms with Crippen LogP contribution in [0.4, 0.5) is 23.2 Å². The number of benzene rings is 2. The molecule has 0 bridgehead atoms. The lowest BCUT2D eigenvalue weighted by atomic mass is 10.1. The number of carbonyl (C=O) groups is 2. The van der Waals surface area contributed by atoms with E-state index in [2.05, 4.69) is 5.32 Å². The van der Waals surface area contributed by atoms with Crippen molar-refractivity contribution in [3.8, 4) is 0 Å². The Morgan fingerprint density at radius 2 is 1.64 bits per heavy atom. The van der Waals surface area contributed by atoms with Gasteiger partial charge in [-0.15, -0.1) is 0 Å². The lowest BCUT2D eigenvalue weighted by Crippen LogP contribution is -2.16. The van der Waals surface area contributed by atoms with E-state index in [9.17, 15) is 27.2 Å². The van der Waals surface area contributed by atoms with Gasteiger partial charge >= 0.3 is 5.97 Å². The number of amides is 1. The van der Waals surface area contributed by atoms with Gasteiger partial charge in [0.2, 0.25) is 0 Å². The first-order chi connectivity index (χ1) is 11.8. The van der Waals surface area contributed by atoms with Crippen molar-refractivity contribution in [2.45, 2.75) is 13.3 Å². The lowest BCUT2D eigenvalue weighted by molar-refractivity contribution is 0.0505. The van der Waals surface area contributed by atoms with Crippen molar-refractivity contribution in [2.24, 2.45) is 0 Å². The Kier molecular flexibility index (Phi) is 5.74. The molecule has 25 heavy (non-hydrogen) atoms. The van der Waals surface area contributed by atoms with E-state index in [1.165, 1.54) is 24.3 Å². The van der Waals surface area contributed by atoms with Gasteiger partial charge in [-0.05, 0) is 36.8 Å². The van der Waals surface area contributed by atoms with E-state index in [0.29, 0.717) is 6.42 Å². The molecule has 0 heterocycles. The molecule has 8 heteroatoms. The lowest BCUT2D eigenvalue weighted by Gasteiger charge is -2.08. The molecule has 2 rings (SSSR count). The summed E-state index contributed by atoms with van der Waals surface area (Å²) in [4.78, 5) is 23.5. The van der Waals surface area contributed by atoms with E-state index < -0.39 is 40.7 Å². The number of nitrogens with one attached hydrogen (secondary N) is 1. The minimum atomic E-state index is -2.07. The molecule has 1 amide bonds. The second-order valence-corrected chi connectivity index (χ2v) is 5.02. The SMILES string of the molecule is CCCOC(=O)c1ccc(NC(=O)c2cc(F)c(F)c(F)c2F)cc1. The van der Waals surface area contributed by atoms with Crippen LogP contribution < -0.4 is 5.32 Å². The fourth-order valence-corrected chi connectivity index (χ4v) is 1.90. The minimum absolute atomic E-state index is 0.140. The van der Waals surface area contributed by atoms with Gasteiger partial charge in [-0.3, -0.25) is 4.79 Å². The third-order valence-electron chi connectivity index (χ3n) is 3.16. The molecule has 0 atom stereocenters. The fraction of sp³-hybridized carbons (Fsp3) is 0.176. The maximum absolute atomic E-state index is 13.6. The highest BCUT2D eigenvalue weighted by atomic mass is 19.2. The molecule has 0 saturated heterocycles. The highest BCUT2D eigenvalue weighted by molar-refractivity contribution is 6.04. The van der Waals surface area contributed by atoms with E-state index in [1.807, 2.05) is 6.92 Å². The number of carbonyl (C=O) groups excluding carboxylic acids is 2. The van der Waals surface area contributed by atoms with Gasteiger partial charge in [0.25, 0.3) is 5.91 Å². The van der Waals surface area contributed by atoms with Crippen molar-refractivity contribution >= 4 is 17.6 Å². The molecule has 1 N–H and O–H groups in total. The summed E-state index contributed by atoms with van der Waals surface area (Å²) in [6.07, 6.45) is 0.663. The molecule has 0 radical (unpaired) electrons. The zero-order valence-electron chi connectivity index (χ0n) is 13.0. The molecule has 0 saturated carbocycles. The first-order valence-corrected chi connectivity index (χ1v) is 7.26. The third kappa shape index (κ3) is 4.14. The number of hydrogen-bond acceptors (Lipinski definition) is 3. The predicted octanol–water partition coefficient (Wildman–Crippen LogP) is 4.06. The summed E-state index contributed by atoms with van der Waals surface area (Å²) < 4.78 is 57.7. The smallest absolute Gasteiger partial charge is 0.338 e. The Balaban J connectivity index is 2.15. The summed E-state index contributed by atoms with van der Waals surface area (Å²) in [5.74, 6) is -9.26. The molecule has 0 aromatic heterocycles. The quantitative estimate of drug-likeness (QED) is 0.381. The molecular weight excluding hydrogens is 342 g/mol. The van der Waals surface area contributed by atoms with Crippen LogP contribution in [0.25, 0.3) is 0 Å². The Morgan fingerprint density at radius 1 is 1.00 bits per heavy atom. The molecule has 0 unspecified atom stereocenters. The number of esters is 1. The molecule has 0 fully saturated rings. The van der Waals surface area contributed by atoms with Gasteiger partial charge in [0.1, 0.15) is 0 Å². The van der Waals surface area contributed by atoms with Crippen LogP contribution in [-0.4, -0.2) is 18.5 Å². The third-order valence-corrected chi connectivity index (χ3v) is 3.16. The number of halogens is 4. The maximum Gasteiger partial charge on any atom is 0.338 e. The van der Waals surface area contributed by atoms with Gasteiger partial charge in [0.05, 0.1) is 17.7 Å². The molecule has 132 valence electrons. The molecule has 0 aliphatic carbocycles. The molecule has 4 nitrogen and oxygen atoms in total. The topological polar surface area (TPSA) is 55.4 Å². The van der Waals surface area contributed by atoms with E-state index in [-0.39, 0.29) is 23.9 Å². The summed E-state index contributed by atoms with van der Waals surface area (Å²) in [5.41, 5.74) is -0.610. The number of anilines is 1. The van der Waals surface area contributed by atoms with E-state index in [4.69, 9.17) is 4.74 Å². The van der Waals surface area contributed by atoms with Crippen LogP contribution in [0.3, 0.4) is 0 Å². The van der Waals surface area contributed by atoms with Crippen molar-refractivity contribution in [2.75, 3.05) is 11.9 Å². The number of ether oxygens (including phenoxy) is 1. The van der Waals surface area contributed by atoms with Gasteiger partial charge in [0, 0.05) is 5.69 Å². The maximum atomic E-state index is 13.6. The van der Waals surface area contributed by atoms with Gasteiger partial charge < -0.3 is 10.1 Å². The normalized spacial score (nSPS) is 10.4. The molecule has 0 aliphatic rings. The largest absolute Gasteiger partial charge is 0.462 e. The van der Waals surface area contributed by atoms with Crippen LogP contribution in [0.2, 0.25) is 0 Å². The van der Waals surface area contributed by atoms with Gasteiger partial charge in [-0.25, -0.2) is 22.4 Å². The molecule has 0 spiro atoms. The van der Waals surface area contributed by atoms with Crippen molar-refractivity contribution in [3.05, 3.63) is 64.7 Å². The Hall–Kier alpha value is -2.90. The van der Waals surface area contributed by atoms with Crippen molar-refractivity contribution in [1.82, 2.24) is 0 Å². The zero-order chi connectivity index (χ0) is 18.6. The van der Waals surface area contributed by atoms with Crippen molar-refractivity contribution in [1.29, 1.82) is 0 Å². The fourth-order valence-electron chi connectivity index (χ4n) is 1.90. The minimum Gasteiger partial charge on any atom is -0.462 e. The molecule has 2 aromatic carbocycles. The van der Waals surface area contributed by atoms with E-state index in [0.717, 1.165) is 0 Å². The van der Waals surface area contributed by atoms with Crippen LogP contribution in [0.15, 0.2) is 30.3 Å². The van der Waals surface area contributed by atoms with Crippen LogP contribution in [0.1, 0.15) is 34.1 Å². The summed E-state index contributed by atoms with van der Waals surface area (Å²) in [6, 6.07) is 5.63. The monoisotopic (exact) mass is 355 g/mol. The van der Waals surface area contributed by atoms with Gasteiger partial charge in [0.15, 0.2) is 23.3 Å². The average Bonchev–Trinajstić information content (AvgIpc) is 2.61. The van der Waals surface area contributed by atoms with Crippen LogP contribution in [0, 0.1) is 23.3 Å². The molecule has 0 aliphatic heterocycles. The van der Waals surface area contributed by atoms with E-state index in [1.54, 1.807) is 0 Å². The van der Waals surface area contributed by atoms with Crippen LogP contribution in [0.5, 0.6) is 0 Å². The summed E-state index contributed by atoms with van der Waals surface area (Å²) in [6.45, 7) is 2.10. The Labute approximate surface area is 140 Å². The zero-order valence-corrected chi connectivity index (χ0v) is 13.0. The highest BCUT2D eigenvalue weighted by Gasteiger charge is 2.23. The van der Waals surface area contributed by atoms with Gasteiger partial charge in [-0.2, -0.15) is 0 Å². The second-order valence-electron chi connectivity index (χ2n) is 5.02. The molecule has 2 aromatic rings. The van der Waals surface area contributed by atoms with Gasteiger partial charge in [-0.1, -0.05) is 6.92 Å². The highest BCUT2D eigenvalue weighted by Crippen LogP contribution is 2.20. The van der Waals surface area contributed by atoms with E-state index >= 15 is 0 Å². The Morgan fingerprint density at radius 3 is 2.24 bits per heavy atom. The predicted molar refractivity (Wildman–Crippen MR) is 81.2 cm³/mol. The van der Waals surface area contributed by atoms with Crippen molar-refractivity contribution < 1.29 is 31.9 Å². The van der Waals surface area contributed by atoms with Crippen LogP contribution in [-0.2, 0) is 4.74 Å². The Bertz CT molecular complexity index is 807. The summed E-state index contributed by atoms with van der Waals surface area (Å²) in [7, 11) is 0. The standard InChI is InChI=1S/C17H13F4NO3/c1-2-7-25-17(24)9-3-5-10(6-4-9)22-16(23)11-8-12(18)14(20)15(21)13(11)19/h3-6,8H,2,7H2,1H3,(H,22,23). The summed E-state index contributed by atoms with van der Waals surface area (Å²) >= 11 is 0. The first-order valence-electron chi connectivity index (χ1n) is 7.26. The van der Waals surface area contributed by atoms with Crippen LogP contribution >= 0.6 is 0 Å². The van der Waals surface area contributed by atoms with Crippen molar-refractivity contribution in [3.63, 3.8) is 0 Å².